The molecule has 1 unspecified atom stereocenters. The number of hydrogen-bond donors (Lipinski definition) is 0. The van der Waals surface area contributed by atoms with Gasteiger partial charge in [0.15, 0.2) is 11.5 Å². The third kappa shape index (κ3) is 8.77. The Labute approximate surface area is 259 Å². The molecule has 0 bridgehead atoms. The average Bonchev–Trinajstić information content (AvgIpc) is 3.61. The molecule has 2 aliphatic rings. The van der Waals surface area contributed by atoms with Crippen LogP contribution >= 0.6 is 0 Å². The lowest BCUT2D eigenvalue weighted by atomic mass is 10.0. The molecule has 1 atom stereocenters. The van der Waals surface area contributed by atoms with Crippen molar-refractivity contribution in [2.75, 3.05) is 24.7 Å². The van der Waals surface area contributed by atoms with E-state index < -0.39 is 0 Å². The van der Waals surface area contributed by atoms with E-state index in [1.165, 1.54) is 102 Å². The maximum atomic E-state index is 13.2. The van der Waals surface area contributed by atoms with Crippen molar-refractivity contribution in [3.63, 3.8) is 0 Å². The van der Waals surface area contributed by atoms with Crippen molar-refractivity contribution in [1.82, 2.24) is 9.55 Å². The Bertz CT molecular complexity index is 1290. The molecule has 1 saturated heterocycles. The number of hydrogen-bond acceptors (Lipinski definition) is 4. The number of aromatic nitrogens is 2. The maximum Gasteiger partial charge on any atom is 0.227 e. The molecule has 3 heterocycles. The highest BCUT2D eigenvalue weighted by Gasteiger charge is 2.35. The van der Waals surface area contributed by atoms with Crippen molar-refractivity contribution in [1.29, 1.82) is 0 Å². The fourth-order valence-corrected chi connectivity index (χ4v) is 6.79. The fraction of sp³-hybridized carbons (Fsp3) is 0.622. The third-order valence-corrected chi connectivity index (χ3v) is 9.25. The Hall–Kier alpha value is -3.02. The van der Waals surface area contributed by atoms with Gasteiger partial charge >= 0.3 is 0 Å². The van der Waals surface area contributed by atoms with E-state index in [1.807, 2.05) is 23.1 Å². The topological polar surface area (TPSA) is 56.6 Å². The fourth-order valence-electron chi connectivity index (χ4n) is 6.79. The van der Waals surface area contributed by atoms with Gasteiger partial charge in [0, 0.05) is 37.2 Å². The Balaban J connectivity index is 1.04. The van der Waals surface area contributed by atoms with Gasteiger partial charge in [-0.3, -0.25) is 4.79 Å². The Morgan fingerprint density at radius 1 is 0.744 bits per heavy atom. The van der Waals surface area contributed by atoms with Crippen LogP contribution in [0.5, 0.6) is 11.5 Å². The van der Waals surface area contributed by atoms with Crippen LogP contribution < -0.4 is 14.4 Å². The molecule has 2 aliphatic heterocycles. The first-order chi connectivity index (χ1) is 21.2. The summed E-state index contributed by atoms with van der Waals surface area (Å²) in [5.41, 5.74) is 3.08. The number of amides is 1. The second-order valence-corrected chi connectivity index (χ2v) is 12.6. The van der Waals surface area contributed by atoms with Crippen molar-refractivity contribution in [2.24, 2.45) is 0 Å². The van der Waals surface area contributed by atoms with Crippen LogP contribution in [0.1, 0.15) is 128 Å². The highest BCUT2D eigenvalue weighted by molar-refractivity contribution is 5.97. The van der Waals surface area contributed by atoms with Crippen LogP contribution in [0, 0.1) is 0 Å². The van der Waals surface area contributed by atoms with E-state index in [9.17, 15) is 4.79 Å². The number of rotatable bonds is 19. The van der Waals surface area contributed by atoms with Crippen LogP contribution in [0.3, 0.4) is 0 Å². The summed E-state index contributed by atoms with van der Waals surface area (Å²) in [6.07, 6.45) is 22.5. The second-order valence-electron chi connectivity index (χ2n) is 12.6. The van der Waals surface area contributed by atoms with E-state index in [-0.39, 0.29) is 11.8 Å². The zero-order valence-corrected chi connectivity index (χ0v) is 26.5. The predicted molar refractivity (Wildman–Crippen MR) is 176 cm³/mol. The second kappa shape index (κ2) is 16.7. The molecule has 43 heavy (non-hydrogen) atoms. The molecule has 0 aliphatic carbocycles. The Morgan fingerprint density at radius 3 is 2.02 bits per heavy atom. The van der Waals surface area contributed by atoms with Crippen molar-refractivity contribution >= 4 is 22.6 Å². The maximum absolute atomic E-state index is 13.2. The minimum Gasteiger partial charge on any atom is -0.486 e. The van der Waals surface area contributed by atoms with E-state index in [4.69, 9.17) is 14.5 Å². The van der Waals surface area contributed by atoms with Gasteiger partial charge < -0.3 is 18.9 Å². The van der Waals surface area contributed by atoms with Crippen molar-refractivity contribution in [3.05, 3.63) is 48.3 Å². The number of carbonyl (C=O) groups excluding carboxylic acids is 1. The van der Waals surface area contributed by atoms with Gasteiger partial charge in [0.05, 0.1) is 11.0 Å². The number of aryl methyl sites for hydroxylation is 1. The van der Waals surface area contributed by atoms with E-state index >= 15 is 0 Å². The molecule has 1 fully saturated rings. The highest BCUT2D eigenvalue weighted by atomic mass is 16.6. The predicted octanol–water partition coefficient (Wildman–Crippen LogP) is 9.59. The number of anilines is 1. The van der Waals surface area contributed by atoms with Crippen LogP contribution in [0.15, 0.2) is 42.5 Å². The van der Waals surface area contributed by atoms with E-state index in [0.29, 0.717) is 26.2 Å². The molecule has 3 aromatic rings. The summed E-state index contributed by atoms with van der Waals surface area (Å²) in [6.45, 7) is 4.99. The number of para-hydroxylation sites is 2. The van der Waals surface area contributed by atoms with E-state index in [2.05, 4.69) is 35.8 Å². The molecule has 0 N–H and O–H groups in total. The zero-order chi connectivity index (χ0) is 29.7. The number of imidazole rings is 1. The summed E-state index contributed by atoms with van der Waals surface area (Å²) in [6, 6.07) is 14.2. The quantitative estimate of drug-likeness (QED) is 0.131. The smallest absolute Gasteiger partial charge is 0.227 e. The minimum absolute atomic E-state index is 0.0779. The number of carbonyl (C=O) groups is 1. The highest BCUT2D eigenvalue weighted by Crippen LogP contribution is 2.38. The van der Waals surface area contributed by atoms with Crippen LogP contribution in [0.25, 0.3) is 11.0 Å². The van der Waals surface area contributed by atoms with Gasteiger partial charge in [-0.15, -0.1) is 0 Å². The molecular formula is C37H53N3O3. The number of nitrogens with zero attached hydrogens (tertiary/aromatic N) is 3. The van der Waals surface area contributed by atoms with Gasteiger partial charge in [0.1, 0.15) is 19.0 Å². The standard InChI is InChI=1S/C37H53N3O3/c1-2-3-4-5-6-7-8-9-10-11-12-13-14-15-16-19-24-39-33-21-18-17-20-32(33)38-37(39)30-27-36(41)40(29-30)31-22-23-34-35(28-31)43-26-25-42-34/h17-18,20-23,28,30H,2-16,19,24-27,29H2,1H3. The lowest BCUT2D eigenvalue weighted by Crippen LogP contribution is -2.25. The van der Waals surface area contributed by atoms with Crippen molar-refractivity contribution in [2.45, 2.75) is 129 Å². The lowest BCUT2D eigenvalue weighted by molar-refractivity contribution is -0.117. The average molecular weight is 588 g/mol. The normalized spacial score (nSPS) is 16.4. The van der Waals surface area contributed by atoms with Crippen LogP contribution in [0.4, 0.5) is 5.69 Å². The van der Waals surface area contributed by atoms with Gasteiger partial charge in [-0.05, 0) is 30.7 Å². The summed E-state index contributed by atoms with van der Waals surface area (Å²) in [4.78, 5) is 20.1. The van der Waals surface area contributed by atoms with Crippen LogP contribution in [0.2, 0.25) is 0 Å². The van der Waals surface area contributed by atoms with Crippen LogP contribution in [-0.4, -0.2) is 35.2 Å². The number of benzene rings is 2. The van der Waals surface area contributed by atoms with Crippen molar-refractivity contribution < 1.29 is 14.3 Å². The van der Waals surface area contributed by atoms with Gasteiger partial charge in [-0.2, -0.15) is 0 Å². The number of ether oxygens (including phenoxy) is 2. The molecule has 5 rings (SSSR count). The van der Waals surface area contributed by atoms with E-state index in [1.54, 1.807) is 0 Å². The van der Waals surface area contributed by atoms with Crippen LogP contribution in [-0.2, 0) is 11.3 Å². The summed E-state index contributed by atoms with van der Waals surface area (Å²) in [5, 5.41) is 0. The monoisotopic (exact) mass is 587 g/mol. The molecule has 6 heteroatoms. The summed E-state index contributed by atoms with van der Waals surface area (Å²) < 4.78 is 13.8. The largest absolute Gasteiger partial charge is 0.486 e. The first kappa shape index (κ1) is 31.4. The summed E-state index contributed by atoms with van der Waals surface area (Å²) in [7, 11) is 0. The molecule has 1 amide bonds. The molecule has 0 saturated carbocycles. The Morgan fingerprint density at radius 2 is 1.35 bits per heavy atom. The zero-order valence-electron chi connectivity index (χ0n) is 26.5. The molecule has 0 radical (unpaired) electrons. The minimum atomic E-state index is 0.0779. The number of fused-ring (bicyclic) bond motifs is 2. The molecule has 234 valence electrons. The van der Waals surface area contributed by atoms with Crippen molar-refractivity contribution in [3.8, 4) is 11.5 Å². The van der Waals surface area contributed by atoms with Gasteiger partial charge in [-0.25, -0.2) is 4.98 Å². The number of unbranched alkanes of at least 4 members (excludes halogenated alkanes) is 15. The van der Waals surface area contributed by atoms with Gasteiger partial charge in [0.2, 0.25) is 5.91 Å². The summed E-state index contributed by atoms with van der Waals surface area (Å²) >= 11 is 0. The molecule has 1 aromatic heterocycles. The van der Waals surface area contributed by atoms with Gasteiger partial charge in [0.25, 0.3) is 0 Å². The summed E-state index contributed by atoms with van der Waals surface area (Å²) in [5.74, 6) is 2.74. The molecular weight excluding hydrogens is 534 g/mol. The molecule has 0 spiro atoms. The van der Waals surface area contributed by atoms with Gasteiger partial charge in [-0.1, -0.05) is 115 Å². The first-order valence-electron chi connectivity index (χ1n) is 17.4. The first-order valence-corrected chi connectivity index (χ1v) is 17.4. The SMILES string of the molecule is CCCCCCCCCCCCCCCCCCn1c(C2CC(=O)N(c3ccc4c(c3)OCCO4)C2)nc2ccccc21. The Kier molecular flexibility index (Phi) is 12.2. The molecule has 6 nitrogen and oxygen atoms in total. The third-order valence-electron chi connectivity index (χ3n) is 9.25. The lowest BCUT2D eigenvalue weighted by Gasteiger charge is -2.22. The van der Waals surface area contributed by atoms with E-state index in [0.717, 1.165) is 41.5 Å². The molecule has 2 aromatic carbocycles.